The molecule has 0 aliphatic rings. The van der Waals surface area contributed by atoms with Crippen LogP contribution in [0.1, 0.15) is 0 Å². The third kappa shape index (κ3) is 2.72. The highest BCUT2D eigenvalue weighted by Gasteiger charge is 2.10. The van der Waals surface area contributed by atoms with E-state index in [2.05, 4.69) is 30.5 Å². The quantitative estimate of drug-likeness (QED) is 0.598. The molecule has 3 heterocycles. The van der Waals surface area contributed by atoms with Gasteiger partial charge in [0.2, 0.25) is 0 Å². The van der Waals surface area contributed by atoms with Gasteiger partial charge in [0.25, 0.3) is 0 Å². The number of halogens is 1. The fraction of sp³-hybridized carbons (Fsp3) is 0. The van der Waals surface area contributed by atoms with E-state index in [1.165, 1.54) is 24.5 Å². The molecule has 1 aromatic carbocycles. The van der Waals surface area contributed by atoms with Crippen LogP contribution in [0, 0.1) is 5.82 Å². The summed E-state index contributed by atoms with van der Waals surface area (Å²) in [5, 5.41) is 10.0. The summed E-state index contributed by atoms with van der Waals surface area (Å²) >= 11 is 0. The molecule has 0 aliphatic heterocycles. The molecule has 0 fully saturated rings. The lowest BCUT2D eigenvalue weighted by atomic mass is 10.3. The molecule has 0 unspecified atom stereocenters. The van der Waals surface area contributed by atoms with E-state index in [0.29, 0.717) is 17.0 Å². The van der Waals surface area contributed by atoms with Crippen molar-refractivity contribution in [1.82, 2.24) is 25.1 Å². The van der Waals surface area contributed by atoms with E-state index in [1.807, 2.05) is 12.1 Å². The minimum absolute atomic E-state index is 0.0387. The van der Waals surface area contributed by atoms with Gasteiger partial charge in [0.15, 0.2) is 17.4 Å². The number of aromatic nitrogens is 5. The summed E-state index contributed by atoms with van der Waals surface area (Å²) in [5.41, 5.74) is 1.99. The second kappa shape index (κ2) is 5.92. The monoisotopic (exact) mass is 322 g/mol. The first-order valence-corrected chi connectivity index (χ1v) is 7.10. The van der Waals surface area contributed by atoms with Crippen LogP contribution in [0.2, 0.25) is 0 Å². The maximum atomic E-state index is 14.2. The largest absolute Gasteiger partial charge is 0.421 e. The minimum atomic E-state index is -0.541. The Balaban J connectivity index is 1.58. The number of H-pyrrole nitrogens is 1. The normalized spacial score (nSPS) is 10.7. The standard InChI is InChI=1S/C16H11FN6O/c17-11-9-10(4-5-13(11)24-16-19-7-2-8-20-16)21-15-14-12(22-23-15)3-1-6-18-14/h1-9H,(H2,21,22,23). The van der Waals surface area contributed by atoms with Gasteiger partial charge >= 0.3 is 6.01 Å². The summed E-state index contributed by atoms with van der Waals surface area (Å²) in [4.78, 5) is 12.0. The van der Waals surface area contributed by atoms with Crippen LogP contribution in [0.25, 0.3) is 11.0 Å². The number of nitrogens with one attached hydrogen (secondary N) is 2. The zero-order chi connectivity index (χ0) is 16.4. The van der Waals surface area contributed by atoms with Crippen LogP contribution in [0.15, 0.2) is 55.0 Å². The molecule has 118 valence electrons. The van der Waals surface area contributed by atoms with Crippen LogP contribution in [-0.2, 0) is 0 Å². The van der Waals surface area contributed by atoms with E-state index < -0.39 is 5.82 Å². The number of pyridine rings is 1. The zero-order valence-electron chi connectivity index (χ0n) is 12.3. The Bertz CT molecular complexity index is 988. The van der Waals surface area contributed by atoms with Gasteiger partial charge in [-0.25, -0.2) is 14.4 Å². The summed E-state index contributed by atoms with van der Waals surface area (Å²) < 4.78 is 19.5. The number of anilines is 2. The van der Waals surface area contributed by atoms with Crippen LogP contribution in [0.4, 0.5) is 15.9 Å². The summed E-state index contributed by atoms with van der Waals surface area (Å²) in [6.45, 7) is 0. The van der Waals surface area contributed by atoms with Crippen molar-refractivity contribution in [2.75, 3.05) is 5.32 Å². The number of benzene rings is 1. The molecule has 0 radical (unpaired) electrons. The number of nitrogens with zero attached hydrogens (tertiary/aromatic N) is 4. The molecule has 0 saturated heterocycles. The smallest absolute Gasteiger partial charge is 0.321 e. The Morgan fingerprint density at radius 1 is 1.00 bits per heavy atom. The predicted octanol–water partition coefficient (Wildman–Crippen LogP) is 3.42. The maximum absolute atomic E-state index is 14.2. The van der Waals surface area contributed by atoms with Crippen molar-refractivity contribution in [3.63, 3.8) is 0 Å². The molecular weight excluding hydrogens is 311 g/mol. The lowest BCUT2D eigenvalue weighted by Gasteiger charge is -2.07. The predicted molar refractivity (Wildman–Crippen MR) is 85.7 cm³/mol. The van der Waals surface area contributed by atoms with E-state index in [-0.39, 0.29) is 11.8 Å². The third-order valence-corrected chi connectivity index (χ3v) is 3.26. The van der Waals surface area contributed by atoms with E-state index in [4.69, 9.17) is 4.74 Å². The maximum Gasteiger partial charge on any atom is 0.321 e. The number of fused-ring (bicyclic) bond motifs is 1. The zero-order valence-corrected chi connectivity index (χ0v) is 12.3. The average molecular weight is 322 g/mol. The SMILES string of the molecule is Fc1cc(Nc2n[nH]c3cccnc23)ccc1Oc1ncccn1. The summed E-state index contributed by atoms with van der Waals surface area (Å²) in [6.07, 6.45) is 4.71. The molecule has 8 heteroatoms. The van der Waals surface area contributed by atoms with E-state index in [9.17, 15) is 4.39 Å². The summed E-state index contributed by atoms with van der Waals surface area (Å²) in [5.74, 6) is 0.0158. The van der Waals surface area contributed by atoms with Crippen LogP contribution in [0.5, 0.6) is 11.8 Å². The van der Waals surface area contributed by atoms with Crippen molar-refractivity contribution < 1.29 is 9.13 Å². The summed E-state index contributed by atoms with van der Waals surface area (Å²) in [7, 11) is 0. The highest BCUT2D eigenvalue weighted by molar-refractivity contribution is 5.87. The van der Waals surface area contributed by atoms with Crippen molar-refractivity contribution in [2.45, 2.75) is 0 Å². The van der Waals surface area contributed by atoms with E-state index >= 15 is 0 Å². The van der Waals surface area contributed by atoms with Crippen molar-refractivity contribution in [3.05, 3.63) is 60.8 Å². The third-order valence-electron chi connectivity index (χ3n) is 3.26. The molecule has 24 heavy (non-hydrogen) atoms. The average Bonchev–Trinajstić information content (AvgIpc) is 3.01. The lowest BCUT2D eigenvalue weighted by molar-refractivity contribution is 0.411. The Labute approximate surface area is 135 Å². The van der Waals surface area contributed by atoms with Gasteiger partial charge in [0.1, 0.15) is 5.52 Å². The first kappa shape index (κ1) is 14.1. The van der Waals surface area contributed by atoms with Gasteiger partial charge in [-0.1, -0.05) is 0 Å². The van der Waals surface area contributed by atoms with Gasteiger partial charge in [0.05, 0.1) is 5.52 Å². The first-order valence-electron chi connectivity index (χ1n) is 7.10. The highest BCUT2D eigenvalue weighted by atomic mass is 19.1. The van der Waals surface area contributed by atoms with Crippen LogP contribution in [0.3, 0.4) is 0 Å². The van der Waals surface area contributed by atoms with Gasteiger partial charge in [-0.2, -0.15) is 5.10 Å². The second-order valence-corrected chi connectivity index (χ2v) is 4.88. The second-order valence-electron chi connectivity index (χ2n) is 4.88. The van der Waals surface area contributed by atoms with Crippen molar-refractivity contribution >= 4 is 22.5 Å². The number of ether oxygens (including phenoxy) is 1. The van der Waals surface area contributed by atoms with Crippen molar-refractivity contribution in [3.8, 4) is 11.8 Å². The fourth-order valence-electron chi connectivity index (χ4n) is 2.18. The molecule has 0 spiro atoms. The van der Waals surface area contributed by atoms with Crippen LogP contribution in [-0.4, -0.2) is 25.1 Å². The minimum Gasteiger partial charge on any atom is -0.421 e. The van der Waals surface area contributed by atoms with Crippen molar-refractivity contribution in [1.29, 1.82) is 0 Å². The lowest BCUT2D eigenvalue weighted by Crippen LogP contribution is -1.96. The highest BCUT2D eigenvalue weighted by Crippen LogP contribution is 2.27. The molecule has 4 aromatic rings. The summed E-state index contributed by atoms with van der Waals surface area (Å²) in [6, 6.07) is 9.88. The number of hydrogen-bond donors (Lipinski definition) is 2. The van der Waals surface area contributed by atoms with E-state index in [1.54, 1.807) is 18.3 Å². The number of aromatic amines is 1. The molecule has 3 aromatic heterocycles. The van der Waals surface area contributed by atoms with Gasteiger partial charge in [-0.15, -0.1) is 0 Å². The number of hydrogen-bond acceptors (Lipinski definition) is 6. The number of rotatable bonds is 4. The molecular formula is C16H11FN6O. The molecule has 7 nitrogen and oxygen atoms in total. The van der Waals surface area contributed by atoms with Gasteiger partial charge < -0.3 is 10.1 Å². The van der Waals surface area contributed by atoms with Gasteiger partial charge in [-0.3, -0.25) is 10.1 Å². The Hall–Kier alpha value is -3.55. The first-order chi connectivity index (χ1) is 11.8. The molecule has 0 saturated carbocycles. The van der Waals surface area contributed by atoms with Crippen LogP contribution < -0.4 is 10.1 Å². The molecule has 0 amide bonds. The molecule has 0 aliphatic carbocycles. The Kier molecular flexibility index (Phi) is 3.47. The molecule has 0 atom stereocenters. The van der Waals surface area contributed by atoms with Crippen molar-refractivity contribution in [2.24, 2.45) is 0 Å². The van der Waals surface area contributed by atoms with Gasteiger partial charge in [0, 0.05) is 30.3 Å². The van der Waals surface area contributed by atoms with Gasteiger partial charge in [-0.05, 0) is 30.3 Å². The Morgan fingerprint density at radius 3 is 2.67 bits per heavy atom. The molecule has 4 rings (SSSR count). The van der Waals surface area contributed by atoms with E-state index in [0.717, 1.165) is 5.52 Å². The fourth-order valence-corrected chi connectivity index (χ4v) is 2.18. The Morgan fingerprint density at radius 2 is 1.83 bits per heavy atom. The topological polar surface area (TPSA) is 88.6 Å². The molecule has 0 bridgehead atoms. The van der Waals surface area contributed by atoms with Crippen LogP contribution >= 0.6 is 0 Å². The molecule has 2 N–H and O–H groups in total.